The van der Waals surface area contributed by atoms with Crippen molar-refractivity contribution in [1.82, 2.24) is 5.32 Å². The van der Waals surface area contributed by atoms with E-state index in [1.807, 2.05) is 13.0 Å². The maximum Gasteiger partial charge on any atom is 0.123 e. The summed E-state index contributed by atoms with van der Waals surface area (Å²) in [7, 11) is 0. The Bertz CT molecular complexity index is 596. The molecule has 2 aromatic rings. The summed E-state index contributed by atoms with van der Waals surface area (Å²) in [6.45, 7) is 4.95. The fourth-order valence-corrected chi connectivity index (χ4v) is 3.42. The van der Waals surface area contributed by atoms with E-state index in [1.54, 1.807) is 12.1 Å². The second-order valence-corrected chi connectivity index (χ2v) is 6.07. The quantitative estimate of drug-likeness (QED) is 0.851. The minimum absolute atomic E-state index is 0.123. The second-order valence-electron chi connectivity index (χ2n) is 6.07. The van der Waals surface area contributed by atoms with Gasteiger partial charge in [0.2, 0.25) is 0 Å². The molecule has 1 aliphatic rings. The first kappa shape index (κ1) is 14.3. The highest BCUT2D eigenvalue weighted by Gasteiger charge is 2.50. The fraction of sp³-hybridized carbons (Fsp3) is 0.368. The molecule has 0 saturated heterocycles. The first-order valence-electron chi connectivity index (χ1n) is 7.72. The van der Waals surface area contributed by atoms with Crippen LogP contribution in [-0.4, -0.2) is 6.54 Å². The third-order valence-corrected chi connectivity index (χ3v) is 4.50. The van der Waals surface area contributed by atoms with E-state index in [0.717, 1.165) is 30.5 Å². The molecule has 1 N–H and O–H groups in total. The van der Waals surface area contributed by atoms with E-state index < -0.39 is 0 Å². The second kappa shape index (κ2) is 5.61. The number of nitrogens with one attached hydrogen (secondary N) is 1. The molecule has 0 bridgehead atoms. The van der Waals surface area contributed by atoms with Crippen molar-refractivity contribution in [1.29, 1.82) is 0 Å². The van der Waals surface area contributed by atoms with Crippen LogP contribution in [0.3, 0.4) is 0 Å². The van der Waals surface area contributed by atoms with Gasteiger partial charge in [-0.05, 0) is 55.1 Å². The predicted molar refractivity (Wildman–Crippen MR) is 84.9 cm³/mol. The number of halogens is 1. The van der Waals surface area contributed by atoms with Crippen molar-refractivity contribution in [3.63, 3.8) is 0 Å². The van der Waals surface area contributed by atoms with Gasteiger partial charge in [0.25, 0.3) is 0 Å². The van der Waals surface area contributed by atoms with Crippen LogP contribution in [-0.2, 0) is 5.41 Å². The van der Waals surface area contributed by atoms with E-state index in [2.05, 4.69) is 42.6 Å². The van der Waals surface area contributed by atoms with Crippen molar-refractivity contribution in [3.05, 3.63) is 71.0 Å². The van der Waals surface area contributed by atoms with E-state index in [0.29, 0.717) is 0 Å². The molecule has 1 fully saturated rings. The van der Waals surface area contributed by atoms with E-state index in [4.69, 9.17) is 0 Å². The summed E-state index contributed by atoms with van der Waals surface area (Å²) >= 11 is 0. The van der Waals surface area contributed by atoms with E-state index in [-0.39, 0.29) is 17.3 Å². The summed E-state index contributed by atoms with van der Waals surface area (Å²) in [5.74, 6) is -0.142. The maximum absolute atomic E-state index is 13.8. The van der Waals surface area contributed by atoms with Gasteiger partial charge in [-0.3, -0.25) is 0 Å². The van der Waals surface area contributed by atoms with Crippen molar-refractivity contribution in [2.24, 2.45) is 0 Å². The summed E-state index contributed by atoms with van der Waals surface area (Å²) in [5.41, 5.74) is 3.53. The number of hydrogen-bond donors (Lipinski definition) is 1. The molecule has 0 amide bonds. The fourth-order valence-electron chi connectivity index (χ4n) is 3.42. The van der Waals surface area contributed by atoms with E-state index >= 15 is 0 Å². The molecule has 2 aromatic carbocycles. The molecule has 0 heterocycles. The SMILES string of the molecule is CCNC(c1cc(C)cc(F)c1)C1(c2ccccc2)CC1. The van der Waals surface area contributed by atoms with Crippen LogP contribution in [0.2, 0.25) is 0 Å². The van der Waals surface area contributed by atoms with Gasteiger partial charge in [0.15, 0.2) is 0 Å². The molecule has 1 unspecified atom stereocenters. The molecule has 21 heavy (non-hydrogen) atoms. The smallest absolute Gasteiger partial charge is 0.123 e. The van der Waals surface area contributed by atoms with Crippen LogP contribution in [0.5, 0.6) is 0 Å². The molecule has 0 radical (unpaired) electrons. The standard InChI is InChI=1S/C19H22FN/c1-3-21-18(15-11-14(2)12-17(20)13-15)19(9-10-19)16-7-5-4-6-8-16/h4-8,11-13,18,21H,3,9-10H2,1-2H3. The molecular weight excluding hydrogens is 261 g/mol. The van der Waals surface area contributed by atoms with E-state index in [9.17, 15) is 4.39 Å². The highest BCUT2D eigenvalue weighted by atomic mass is 19.1. The van der Waals surface area contributed by atoms with Gasteiger partial charge in [-0.1, -0.05) is 43.3 Å². The van der Waals surface area contributed by atoms with Crippen LogP contribution in [0.4, 0.5) is 4.39 Å². The zero-order valence-corrected chi connectivity index (χ0v) is 12.7. The van der Waals surface area contributed by atoms with Gasteiger partial charge in [0, 0.05) is 11.5 Å². The predicted octanol–water partition coefficient (Wildman–Crippen LogP) is 4.52. The zero-order chi connectivity index (χ0) is 14.9. The van der Waals surface area contributed by atoms with Crippen LogP contribution >= 0.6 is 0 Å². The molecule has 1 saturated carbocycles. The van der Waals surface area contributed by atoms with E-state index in [1.165, 1.54) is 5.56 Å². The third kappa shape index (κ3) is 2.73. The minimum atomic E-state index is -0.142. The van der Waals surface area contributed by atoms with Crippen molar-refractivity contribution in [2.75, 3.05) is 6.54 Å². The average molecular weight is 283 g/mol. The van der Waals surface area contributed by atoms with Gasteiger partial charge in [-0.15, -0.1) is 0 Å². The van der Waals surface area contributed by atoms with Gasteiger partial charge < -0.3 is 5.32 Å². The average Bonchev–Trinajstić information content (AvgIpc) is 3.26. The van der Waals surface area contributed by atoms with Gasteiger partial charge in [-0.25, -0.2) is 4.39 Å². The van der Waals surface area contributed by atoms with Crippen molar-refractivity contribution in [3.8, 4) is 0 Å². The van der Waals surface area contributed by atoms with Gasteiger partial charge in [-0.2, -0.15) is 0 Å². The molecule has 1 aliphatic carbocycles. The summed E-state index contributed by atoms with van der Waals surface area (Å²) < 4.78 is 13.8. The van der Waals surface area contributed by atoms with Gasteiger partial charge >= 0.3 is 0 Å². The Hall–Kier alpha value is -1.67. The number of benzene rings is 2. The van der Waals surface area contributed by atoms with Crippen molar-refractivity contribution < 1.29 is 4.39 Å². The third-order valence-electron chi connectivity index (χ3n) is 4.50. The first-order valence-corrected chi connectivity index (χ1v) is 7.72. The summed E-state index contributed by atoms with van der Waals surface area (Å²) in [4.78, 5) is 0. The highest BCUT2D eigenvalue weighted by molar-refractivity contribution is 5.39. The van der Waals surface area contributed by atoms with Crippen molar-refractivity contribution >= 4 is 0 Å². The van der Waals surface area contributed by atoms with Crippen LogP contribution < -0.4 is 5.32 Å². The summed E-state index contributed by atoms with van der Waals surface area (Å²) in [6.07, 6.45) is 2.31. The molecule has 0 aliphatic heterocycles. The van der Waals surface area contributed by atoms with Gasteiger partial charge in [0.1, 0.15) is 5.82 Å². The Morgan fingerprint density at radius 3 is 2.43 bits per heavy atom. The molecule has 110 valence electrons. The van der Waals surface area contributed by atoms with Crippen LogP contribution in [0.25, 0.3) is 0 Å². The number of aryl methyl sites for hydroxylation is 1. The molecule has 0 aromatic heterocycles. The minimum Gasteiger partial charge on any atom is -0.309 e. The normalized spacial score (nSPS) is 17.5. The Labute approximate surface area is 126 Å². The van der Waals surface area contributed by atoms with Crippen LogP contribution in [0, 0.1) is 12.7 Å². The van der Waals surface area contributed by atoms with Crippen LogP contribution in [0.1, 0.15) is 42.5 Å². The molecule has 1 nitrogen and oxygen atoms in total. The number of rotatable bonds is 5. The van der Waals surface area contributed by atoms with Crippen molar-refractivity contribution in [2.45, 2.75) is 38.1 Å². The Morgan fingerprint density at radius 1 is 1.14 bits per heavy atom. The molecule has 2 heteroatoms. The maximum atomic E-state index is 13.8. The Kier molecular flexibility index (Phi) is 3.81. The first-order chi connectivity index (χ1) is 10.2. The Morgan fingerprint density at radius 2 is 1.86 bits per heavy atom. The molecule has 0 spiro atoms. The zero-order valence-electron chi connectivity index (χ0n) is 12.7. The molecular formula is C19H22FN. The lowest BCUT2D eigenvalue weighted by molar-refractivity contribution is 0.437. The number of hydrogen-bond acceptors (Lipinski definition) is 1. The lowest BCUT2D eigenvalue weighted by Crippen LogP contribution is -2.32. The lowest BCUT2D eigenvalue weighted by Gasteiger charge is -2.29. The van der Waals surface area contributed by atoms with Gasteiger partial charge in [0.05, 0.1) is 0 Å². The number of likely N-dealkylation sites (N-methyl/N-ethyl adjacent to an activating group) is 1. The summed E-state index contributed by atoms with van der Waals surface area (Å²) in [6, 6.07) is 16.2. The highest BCUT2D eigenvalue weighted by Crippen LogP contribution is 2.56. The summed E-state index contributed by atoms with van der Waals surface area (Å²) in [5, 5.41) is 3.59. The Balaban J connectivity index is 2.02. The topological polar surface area (TPSA) is 12.0 Å². The lowest BCUT2D eigenvalue weighted by atomic mass is 9.83. The molecule has 1 atom stereocenters. The largest absolute Gasteiger partial charge is 0.309 e. The molecule has 3 rings (SSSR count). The monoisotopic (exact) mass is 283 g/mol. The van der Waals surface area contributed by atoms with Crippen LogP contribution in [0.15, 0.2) is 48.5 Å².